The third-order valence-corrected chi connectivity index (χ3v) is 1.93. The fraction of sp³-hybridized carbons (Fsp3) is 0.222. The van der Waals surface area contributed by atoms with Gasteiger partial charge in [0, 0.05) is 12.7 Å². The molecule has 1 aliphatic rings. The number of rotatable bonds is 1. The first kappa shape index (κ1) is 7.16. The van der Waals surface area contributed by atoms with E-state index in [-0.39, 0.29) is 0 Å². The van der Waals surface area contributed by atoms with Gasteiger partial charge in [0.2, 0.25) is 0 Å². The topological polar surface area (TPSA) is 31.9 Å². The van der Waals surface area contributed by atoms with Crippen molar-refractivity contribution in [2.45, 2.75) is 6.92 Å². The number of aromatic amines is 1. The van der Waals surface area contributed by atoms with Gasteiger partial charge in [-0.1, -0.05) is 12.2 Å². The SMILES string of the molecule is Cc1[nH]ncc1N1C=CC=CC1. The molecule has 3 heteroatoms. The average molecular weight is 161 g/mol. The summed E-state index contributed by atoms with van der Waals surface area (Å²) in [7, 11) is 0. The summed E-state index contributed by atoms with van der Waals surface area (Å²) in [5.41, 5.74) is 2.26. The Morgan fingerprint density at radius 2 is 2.42 bits per heavy atom. The number of aromatic nitrogens is 2. The minimum absolute atomic E-state index is 0.927. The maximum absolute atomic E-state index is 3.97. The summed E-state index contributed by atoms with van der Waals surface area (Å²) in [6, 6.07) is 0. The van der Waals surface area contributed by atoms with E-state index in [1.807, 2.05) is 25.3 Å². The highest BCUT2D eigenvalue weighted by molar-refractivity contribution is 5.53. The van der Waals surface area contributed by atoms with Crippen LogP contribution in [0.3, 0.4) is 0 Å². The molecule has 1 aliphatic heterocycles. The molecule has 1 aromatic rings. The summed E-state index contributed by atoms with van der Waals surface area (Å²) in [5, 5.41) is 6.89. The molecule has 2 heterocycles. The zero-order valence-corrected chi connectivity index (χ0v) is 6.99. The second-order valence-corrected chi connectivity index (χ2v) is 2.80. The zero-order chi connectivity index (χ0) is 8.39. The van der Waals surface area contributed by atoms with Gasteiger partial charge < -0.3 is 4.90 Å². The lowest BCUT2D eigenvalue weighted by molar-refractivity contribution is 1.04. The van der Waals surface area contributed by atoms with Crippen LogP contribution < -0.4 is 4.90 Å². The Labute approximate surface area is 71.4 Å². The van der Waals surface area contributed by atoms with Crippen LogP contribution in [0.1, 0.15) is 5.69 Å². The van der Waals surface area contributed by atoms with Gasteiger partial charge in [-0.2, -0.15) is 5.10 Å². The number of nitrogens with zero attached hydrogens (tertiary/aromatic N) is 2. The van der Waals surface area contributed by atoms with Crippen molar-refractivity contribution in [3.05, 3.63) is 36.3 Å². The Morgan fingerprint density at radius 1 is 1.50 bits per heavy atom. The summed E-state index contributed by atoms with van der Waals surface area (Å²) in [6.45, 7) is 2.95. The Morgan fingerprint density at radius 3 is 3.00 bits per heavy atom. The Bertz CT molecular complexity index is 322. The van der Waals surface area contributed by atoms with Crippen molar-refractivity contribution in [1.82, 2.24) is 10.2 Å². The van der Waals surface area contributed by atoms with E-state index in [4.69, 9.17) is 0 Å². The number of hydrogen-bond donors (Lipinski definition) is 1. The van der Waals surface area contributed by atoms with Gasteiger partial charge in [-0.25, -0.2) is 0 Å². The zero-order valence-electron chi connectivity index (χ0n) is 6.99. The monoisotopic (exact) mass is 161 g/mol. The smallest absolute Gasteiger partial charge is 0.0822 e. The van der Waals surface area contributed by atoms with Crippen molar-refractivity contribution in [1.29, 1.82) is 0 Å². The van der Waals surface area contributed by atoms with Crippen LogP contribution in [0.2, 0.25) is 0 Å². The maximum Gasteiger partial charge on any atom is 0.0822 e. The molecule has 0 saturated heterocycles. The molecule has 0 aromatic carbocycles. The Hall–Kier alpha value is -1.51. The second kappa shape index (κ2) is 2.85. The van der Waals surface area contributed by atoms with Crippen molar-refractivity contribution < 1.29 is 0 Å². The summed E-state index contributed by atoms with van der Waals surface area (Å²) >= 11 is 0. The first-order chi connectivity index (χ1) is 5.88. The summed E-state index contributed by atoms with van der Waals surface area (Å²) in [5.74, 6) is 0. The number of anilines is 1. The van der Waals surface area contributed by atoms with Crippen LogP contribution in [0.25, 0.3) is 0 Å². The highest BCUT2D eigenvalue weighted by atomic mass is 15.2. The van der Waals surface area contributed by atoms with Crippen molar-refractivity contribution in [2.75, 3.05) is 11.4 Å². The van der Waals surface area contributed by atoms with Gasteiger partial charge in [-0.15, -0.1) is 0 Å². The predicted molar refractivity (Wildman–Crippen MR) is 49.0 cm³/mol. The molecule has 0 aliphatic carbocycles. The highest BCUT2D eigenvalue weighted by Crippen LogP contribution is 2.18. The quantitative estimate of drug-likeness (QED) is 0.678. The molecule has 0 fully saturated rings. The van der Waals surface area contributed by atoms with Crippen LogP contribution in [-0.2, 0) is 0 Å². The van der Waals surface area contributed by atoms with Crippen molar-refractivity contribution in [2.24, 2.45) is 0 Å². The fourth-order valence-electron chi connectivity index (χ4n) is 1.28. The molecule has 1 aromatic heterocycles. The van der Waals surface area contributed by atoms with Crippen LogP contribution >= 0.6 is 0 Å². The van der Waals surface area contributed by atoms with E-state index in [1.165, 1.54) is 0 Å². The first-order valence-corrected chi connectivity index (χ1v) is 3.98. The van der Waals surface area contributed by atoms with E-state index in [9.17, 15) is 0 Å². The van der Waals surface area contributed by atoms with E-state index >= 15 is 0 Å². The van der Waals surface area contributed by atoms with Crippen LogP contribution in [-0.4, -0.2) is 16.7 Å². The molecule has 12 heavy (non-hydrogen) atoms. The van der Waals surface area contributed by atoms with Crippen LogP contribution in [0.15, 0.2) is 30.6 Å². The lowest BCUT2D eigenvalue weighted by Crippen LogP contribution is -2.17. The molecule has 0 unspecified atom stereocenters. The molecule has 0 bridgehead atoms. The lowest BCUT2D eigenvalue weighted by atomic mass is 10.3. The van der Waals surface area contributed by atoms with Gasteiger partial charge in [-0.05, 0) is 13.0 Å². The molecule has 62 valence electrons. The standard InChI is InChI=1S/C9H11N3/c1-8-9(7-10-11-8)12-5-3-2-4-6-12/h2-5,7H,6H2,1H3,(H,10,11). The van der Waals surface area contributed by atoms with E-state index in [2.05, 4.69) is 27.4 Å². The van der Waals surface area contributed by atoms with Crippen molar-refractivity contribution in [3.63, 3.8) is 0 Å². The summed E-state index contributed by atoms with van der Waals surface area (Å²) < 4.78 is 0. The van der Waals surface area contributed by atoms with Crippen molar-refractivity contribution >= 4 is 5.69 Å². The number of aryl methyl sites for hydroxylation is 1. The van der Waals surface area contributed by atoms with Gasteiger partial charge in [0.1, 0.15) is 0 Å². The van der Waals surface area contributed by atoms with E-state index < -0.39 is 0 Å². The van der Waals surface area contributed by atoms with Gasteiger partial charge in [-0.3, -0.25) is 5.10 Å². The fourth-order valence-corrected chi connectivity index (χ4v) is 1.28. The predicted octanol–water partition coefficient (Wildman–Crippen LogP) is 1.61. The first-order valence-electron chi connectivity index (χ1n) is 3.98. The molecule has 0 amide bonds. The van der Waals surface area contributed by atoms with E-state index in [0.29, 0.717) is 0 Å². The van der Waals surface area contributed by atoms with Gasteiger partial charge in [0.15, 0.2) is 0 Å². The van der Waals surface area contributed by atoms with Crippen LogP contribution in [0.5, 0.6) is 0 Å². The Balaban J connectivity index is 2.26. The maximum atomic E-state index is 3.97. The molecule has 0 atom stereocenters. The van der Waals surface area contributed by atoms with E-state index in [0.717, 1.165) is 17.9 Å². The molecule has 3 nitrogen and oxygen atoms in total. The summed E-state index contributed by atoms with van der Waals surface area (Å²) in [4.78, 5) is 2.15. The molecule has 0 radical (unpaired) electrons. The van der Waals surface area contributed by atoms with Gasteiger partial charge >= 0.3 is 0 Å². The number of allylic oxidation sites excluding steroid dienone is 2. The molecule has 0 spiro atoms. The number of hydrogen-bond acceptors (Lipinski definition) is 2. The number of H-pyrrole nitrogens is 1. The molecule has 1 N–H and O–H groups in total. The third kappa shape index (κ3) is 1.13. The lowest BCUT2D eigenvalue weighted by Gasteiger charge is -2.19. The largest absolute Gasteiger partial charge is 0.341 e. The van der Waals surface area contributed by atoms with Crippen LogP contribution in [0.4, 0.5) is 5.69 Å². The second-order valence-electron chi connectivity index (χ2n) is 2.80. The highest BCUT2D eigenvalue weighted by Gasteiger charge is 2.07. The average Bonchev–Trinajstić information content (AvgIpc) is 2.53. The minimum atomic E-state index is 0.927. The van der Waals surface area contributed by atoms with Gasteiger partial charge in [0.25, 0.3) is 0 Å². The Kier molecular flexibility index (Phi) is 1.70. The van der Waals surface area contributed by atoms with Gasteiger partial charge in [0.05, 0.1) is 17.6 Å². The molecule has 2 rings (SSSR count). The molecule has 0 saturated carbocycles. The van der Waals surface area contributed by atoms with Crippen LogP contribution in [0, 0.1) is 6.92 Å². The normalized spacial score (nSPS) is 15.6. The summed E-state index contributed by atoms with van der Waals surface area (Å²) in [6.07, 6.45) is 10.1. The molecular formula is C9H11N3. The third-order valence-electron chi connectivity index (χ3n) is 1.93. The minimum Gasteiger partial charge on any atom is -0.341 e. The van der Waals surface area contributed by atoms with E-state index in [1.54, 1.807) is 0 Å². The molecular weight excluding hydrogens is 150 g/mol. The number of nitrogens with one attached hydrogen (secondary N) is 1. The van der Waals surface area contributed by atoms with Crippen molar-refractivity contribution in [3.8, 4) is 0 Å².